The van der Waals surface area contributed by atoms with Crippen LogP contribution in [0, 0.1) is 3.57 Å². The monoisotopic (exact) mass is 423 g/mol. The highest BCUT2D eigenvalue weighted by atomic mass is 127. The number of amides is 2. The molecule has 0 aliphatic rings. The summed E-state index contributed by atoms with van der Waals surface area (Å²) in [5.74, 6) is 0. The van der Waals surface area contributed by atoms with Crippen molar-refractivity contribution in [2.24, 2.45) is 0 Å². The molecule has 0 aromatic heterocycles. The molecule has 0 saturated heterocycles. The molecule has 2 amide bonds. The number of urea groups is 1. The molecule has 0 bridgehead atoms. The molecular weight excluding hydrogens is 401 g/mol. The topological polar surface area (TPSA) is 35.6 Å². The van der Waals surface area contributed by atoms with Crippen molar-refractivity contribution < 1.29 is 4.79 Å². The first kappa shape index (κ1) is 17.7. The molecule has 0 fully saturated rings. The van der Waals surface area contributed by atoms with E-state index in [1.807, 2.05) is 73.6 Å². The number of benzene rings is 2. The number of hydrogen-bond acceptors (Lipinski definition) is 2. The molecule has 0 spiro atoms. The maximum absolute atomic E-state index is 12.6. The highest BCUT2D eigenvalue weighted by Crippen LogP contribution is 2.14. The van der Waals surface area contributed by atoms with Crippen LogP contribution < -0.4 is 5.32 Å². The Bertz CT molecular complexity index is 631. The van der Waals surface area contributed by atoms with Gasteiger partial charge in [-0.3, -0.25) is 0 Å². The van der Waals surface area contributed by atoms with Crippen molar-refractivity contribution in [2.45, 2.75) is 6.54 Å². The van der Waals surface area contributed by atoms with Crippen molar-refractivity contribution in [2.75, 3.05) is 32.5 Å². The van der Waals surface area contributed by atoms with E-state index in [2.05, 4.69) is 32.8 Å². The quantitative estimate of drug-likeness (QED) is 0.716. The molecule has 1 N–H and O–H groups in total. The molecule has 4 nitrogen and oxygen atoms in total. The Morgan fingerprint density at radius 2 is 1.78 bits per heavy atom. The minimum absolute atomic E-state index is 0.0716. The van der Waals surface area contributed by atoms with E-state index in [4.69, 9.17) is 0 Å². The van der Waals surface area contributed by atoms with Crippen LogP contribution in [0.1, 0.15) is 5.56 Å². The summed E-state index contributed by atoms with van der Waals surface area (Å²) >= 11 is 2.24. The average molecular weight is 423 g/mol. The van der Waals surface area contributed by atoms with E-state index in [1.165, 1.54) is 0 Å². The number of anilines is 1. The van der Waals surface area contributed by atoms with Crippen LogP contribution in [0.25, 0.3) is 0 Å². The Hall–Kier alpha value is -1.60. The second-order valence-electron chi connectivity index (χ2n) is 5.65. The summed E-state index contributed by atoms with van der Waals surface area (Å²) in [4.78, 5) is 16.6. The van der Waals surface area contributed by atoms with Gasteiger partial charge in [-0.25, -0.2) is 4.79 Å². The van der Waals surface area contributed by atoms with Crippen LogP contribution in [-0.4, -0.2) is 43.0 Å². The van der Waals surface area contributed by atoms with Gasteiger partial charge >= 0.3 is 6.03 Å². The fourth-order valence-electron chi connectivity index (χ4n) is 2.15. The summed E-state index contributed by atoms with van der Waals surface area (Å²) in [5, 5.41) is 2.99. The summed E-state index contributed by atoms with van der Waals surface area (Å²) in [6.45, 7) is 2.11. The normalized spacial score (nSPS) is 10.6. The van der Waals surface area contributed by atoms with Gasteiger partial charge in [0, 0.05) is 28.9 Å². The number of carbonyl (C=O) groups excluding carboxylic acids is 1. The molecule has 0 aliphatic heterocycles. The van der Waals surface area contributed by atoms with E-state index >= 15 is 0 Å². The highest BCUT2D eigenvalue weighted by Gasteiger charge is 2.14. The Morgan fingerprint density at radius 1 is 1.04 bits per heavy atom. The Kier molecular flexibility index (Phi) is 6.85. The Balaban J connectivity index is 2.07. The van der Waals surface area contributed by atoms with Crippen LogP contribution >= 0.6 is 22.6 Å². The summed E-state index contributed by atoms with van der Waals surface area (Å²) in [6, 6.07) is 17.8. The predicted octanol–water partition coefficient (Wildman–Crippen LogP) is 3.89. The SMILES string of the molecule is CN(C)CCN(Cc1ccccc1)C(=O)Nc1cccc(I)c1. The summed E-state index contributed by atoms with van der Waals surface area (Å²) in [5.41, 5.74) is 1.95. The molecular formula is C18H22IN3O. The number of carbonyl (C=O) groups is 1. The number of halogens is 1. The van der Waals surface area contributed by atoms with Gasteiger partial charge in [0.1, 0.15) is 0 Å². The molecule has 2 aromatic carbocycles. The van der Waals surface area contributed by atoms with Crippen molar-refractivity contribution in [1.82, 2.24) is 9.80 Å². The largest absolute Gasteiger partial charge is 0.322 e. The van der Waals surface area contributed by atoms with Gasteiger partial charge in [-0.15, -0.1) is 0 Å². The lowest BCUT2D eigenvalue weighted by molar-refractivity contribution is 0.202. The molecule has 0 heterocycles. The van der Waals surface area contributed by atoms with Gasteiger partial charge in [-0.05, 0) is 60.4 Å². The maximum Gasteiger partial charge on any atom is 0.322 e. The smallest absolute Gasteiger partial charge is 0.319 e. The van der Waals surface area contributed by atoms with Gasteiger partial charge in [0.05, 0.1) is 0 Å². The number of nitrogens with one attached hydrogen (secondary N) is 1. The van der Waals surface area contributed by atoms with Gasteiger partial charge in [-0.1, -0.05) is 36.4 Å². The van der Waals surface area contributed by atoms with Crippen LogP contribution in [0.5, 0.6) is 0 Å². The fourth-order valence-corrected chi connectivity index (χ4v) is 2.69. The lowest BCUT2D eigenvalue weighted by atomic mass is 10.2. The zero-order chi connectivity index (χ0) is 16.7. The van der Waals surface area contributed by atoms with Crippen molar-refractivity contribution >= 4 is 34.3 Å². The van der Waals surface area contributed by atoms with Gasteiger partial charge in [0.2, 0.25) is 0 Å². The molecule has 0 saturated carbocycles. The molecule has 0 atom stereocenters. The molecule has 0 aliphatic carbocycles. The van der Waals surface area contributed by atoms with Gasteiger partial charge in [-0.2, -0.15) is 0 Å². The number of likely N-dealkylation sites (N-methyl/N-ethyl adjacent to an activating group) is 1. The molecule has 0 radical (unpaired) electrons. The first-order valence-corrected chi connectivity index (χ1v) is 8.62. The predicted molar refractivity (Wildman–Crippen MR) is 104 cm³/mol. The minimum Gasteiger partial charge on any atom is -0.319 e. The molecule has 23 heavy (non-hydrogen) atoms. The van der Waals surface area contributed by atoms with Crippen LogP contribution in [0.3, 0.4) is 0 Å². The summed E-state index contributed by atoms with van der Waals surface area (Å²) < 4.78 is 1.10. The number of rotatable bonds is 6. The first-order valence-electron chi connectivity index (χ1n) is 7.55. The Labute approximate surface area is 151 Å². The van der Waals surface area contributed by atoms with Crippen molar-refractivity contribution in [3.8, 4) is 0 Å². The van der Waals surface area contributed by atoms with Crippen molar-refractivity contribution in [1.29, 1.82) is 0 Å². The third-order valence-corrected chi connectivity index (χ3v) is 4.07. The molecule has 2 rings (SSSR count). The molecule has 5 heteroatoms. The molecule has 2 aromatic rings. The molecule has 0 unspecified atom stereocenters. The van der Waals surface area contributed by atoms with E-state index in [1.54, 1.807) is 0 Å². The lowest BCUT2D eigenvalue weighted by Gasteiger charge is -2.25. The van der Waals surface area contributed by atoms with Crippen LogP contribution in [-0.2, 0) is 6.54 Å². The van der Waals surface area contributed by atoms with E-state index in [0.29, 0.717) is 13.1 Å². The number of nitrogens with zero attached hydrogens (tertiary/aromatic N) is 2. The zero-order valence-corrected chi connectivity index (χ0v) is 15.7. The standard InChI is InChI=1S/C18H22IN3O/c1-21(2)11-12-22(14-15-7-4-3-5-8-15)18(23)20-17-10-6-9-16(19)13-17/h3-10,13H,11-12,14H2,1-2H3,(H,20,23). The van der Waals surface area contributed by atoms with E-state index in [9.17, 15) is 4.79 Å². The Morgan fingerprint density at radius 3 is 2.43 bits per heavy atom. The second kappa shape index (κ2) is 8.88. The third kappa shape index (κ3) is 6.19. The minimum atomic E-state index is -0.0716. The summed E-state index contributed by atoms with van der Waals surface area (Å²) in [6.07, 6.45) is 0. The average Bonchev–Trinajstić information content (AvgIpc) is 2.52. The number of hydrogen-bond donors (Lipinski definition) is 1. The maximum atomic E-state index is 12.6. The van der Waals surface area contributed by atoms with Crippen molar-refractivity contribution in [3.63, 3.8) is 0 Å². The van der Waals surface area contributed by atoms with Crippen LogP contribution in [0.4, 0.5) is 10.5 Å². The van der Waals surface area contributed by atoms with E-state index in [0.717, 1.165) is 21.4 Å². The van der Waals surface area contributed by atoms with Gasteiger partial charge < -0.3 is 15.1 Å². The van der Waals surface area contributed by atoms with Gasteiger partial charge in [0.25, 0.3) is 0 Å². The van der Waals surface area contributed by atoms with E-state index < -0.39 is 0 Å². The first-order chi connectivity index (χ1) is 11.0. The lowest BCUT2D eigenvalue weighted by Crippen LogP contribution is -2.39. The van der Waals surface area contributed by atoms with Crippen LogP contribution in [0.15, 0.2) is 54.6 Å². The molecule has 122 valence electrons. The second-order valence-corrected chi connectivity index (χ2v) is 6.90. The summed E-state index contributed by atoms with van der Waals surface area (Å²) in [7, 11) is 4.02. The highest BCUT2D eigenvalue weighted by molar-refractivity contribution is 14.1. The van der Waals surface area contributed by atoms with Crippen LogP contribution in [0.2, 0.25) is 0 Å². The van der Waals surface area contributed by atoms with Gasteiger partial charge in [0.15, 0.2) is 0 Å². The van der Waals surface area contributed by atoms with Crippen molar-refractivity contribution in [3.05, 3.63) is 63.7 Å². The fraction of sp³-hybridized carbons (Fsp3) is 0.278. The third-order valence-electron chi connectivity index (χ3n) is 3.40. The van der Waals surface area contributed by atoms with E-state index in [-0.39, 0.29) is 6.03 Å². The zero-order valence-electron chi connectivity index (χ0n) is 13.5.